The molecule has 4 rings (SSSR count). The Morgan fingerprint density at radius 1 is 1.29 bits per heavy atom. The lowest BCUT2D eigenvalue weighted by atomic mass is 10.1. The molecule has 182 valence electrons. The van der Waals surface area contributed by atoms with Crippen molar-refractivity contribution in [1.29, 1.82) is 0 Å². The molecular formula is C24H31FN6O2S. The second kappa shape index (κ2) is 10.7. The van der Waals surface area contributed by atoms with Crippen LogP contribution in [0.1, 0.15) is 46.1 Å². The zero-order valence-corrected chi connectivity index (χ0v) is 20.6. The lowest BCUT2D eigenvalue weighted by Gasteiger charge is -2.20. The molecule has 0 aliphatic carbocycles. The van der Waals surface area contributed by atoms with Gasteiger partial charge < -0.3 is 10.2 Å². The highest BCUT2D eigenvalue weighted by atomic mass is 32.2. The molecule has 2 unspecified atom stereocenters. The summed E-state index contributed by atoms with van der Waals surface area (Å²) < 4.78 is 16.5. The number of aromatic nitrogens is 4. The summed E-state index contributed by atoms with van der Waals surface area (Å²) in [5.74, 6) is 0.217. The van der Waals surface area contributed by atoms with E-state index in [0.29, 0.717) is 27.6 Å². The van der Waals surface area contributed by atoms with Gasteiger partial charge in [0.15, 0.2) is 10.8 Å². The standard InChI is InChI=1S/C24H31FN6O2S/c1-4-29(5-2)12-6-7-16(3)27-21(32)13-19-15-34-24-28-22-20(23(33)30(19)24)14-26-31(22)18-10-8-17(25)9-11-18/h8-11,14,16,19H,4-7,12-13,15H2,1-3H3,(H,27,32). The van der Waals surface area contributed by atoms with Crippen LogP contribution in [0.4, 0.5) is 4.39 Å². The number of rotatable bonds is 10. The Bertz CT molecular complexity index is 1200. The molecule has 2 aromatic heterocycles. The third-order valence-corrected chi connectivity index (χ3v) is 7.37. The molecule has 1 amide bonds. The fourth-order valence-electron chi connectivity index (χ4n) is 4.33. The first kappa shape index (κ1) is 24.4. The number of hydrogen-bond acceptors (Lipinski definition) is 6. The van der Waals surface area contributed by atoms with Gasteiger partial charge in [-0.1, -0.05) is 25.6 Å². The molecule has 0 bridgehead atoms. The molecular weight excluding hydrogens is 455 g/mol. The van der Waals surface area contributed by atoms with Crippen molar-refractivity contribution in [1.82, 2.24) is 29.5 Å². The van der Waals surface area contributed by atoms with E-state index in [1.54, 1.807) is 16.7 Å². The Morgan fingerprint density at radius 2 is 2.03 bits per heavy atom. The van der Waals surface area contributed by atoms with Crippen LogP contribution in [0.3, 0.4) is 0 Å². The number of thioether (sulfide) groups is 1. The summed E-state index contributed by atoms with van der Waals surface area (Å²) in [5, 5.41) is 8.34. The molecule has 3 aromatic rings. The third kappa shape index (κ3) is 5.17. The average molecular weight is 487 g/mol. The minimum absolute atomic E-state index is 0.0530. The van der Waals surface area contributed by atoms with E-state index >= 15 is 0 Å². The topological polar surface area (TPSA) is 85.1 Å². The number of benzene rings is 1. The van der Waals surface area contributed by atoms with Crippen LogP contribution < -0.4 is 10.9 Å². The fourth-order valence-corrected chi connectivity index (χ4v) is 5.46. The summed E-state index contributed by atoms with van der Waals surface area (Å²) in [6, 6.07) is 5.72. The van der Waals surface area contributed by atoms with Crippen LogP contribution in [0.15, 0.2) is 40.4 Å². The molecule has 1 N–H and O–H groups in total. The summed E-state index contributed by atoms with van der Waals surface area (Å²) >= 11 is 1.46. The van der Waals surface area contributed by atoms with Crippen molar-refractivity contribution in [3.05, 3.63) is 46.6 Å². The van der Waals surface area contributed by atoms with Gasteiger partial charge in [0.2, 0.25) is 5.91 Å². The zero-order chi connectivity index (χ0) is 24.2. The number of nitrogens with zero attached hydrogens (tertiary/aromatic N) is 5. The third-order valence-electron chi connectivity index (χ3n) is 6.28. The predicted molar refractivity (Wildman–Crippen MR) is 132 cm³/mol. The van der Waals surface area contributed by atoms with Gasteiger partial charge in [-0.3, -0.25) is 14.2 Å². The van der Waals surface area contributed by atoms with E-state index in [1.165, 1.54) is 34.8 Å². The maximum absolute atomic E-state index is 13.3. The smallest absolute Gasteiger partial charge is 0.265 e. The normalized spacial score (nSPS) is 16.2. The van der Waals surface area contributed by atoms with E-state index in [9.17, 15) is 14.0 Å². The van der Waals surface area contributed by atoms with Crippen LogP contribution in [-0.2, 0) is 4.79 Å². The molecule has 3 heterocycles. The molecule has 8 nitrogen and oxygen atoms in total. The molecule has 0 radical (unpaired) electrons. The monoisotopic (exact) mass is 486 g/mol. The number of carbonyl (C=O) groups is 1. The van der Waals surface area contributed by atoms with Crippen LogP contribution in [0, 0.1) is 5.82 Å². The first-order chi connectivity index (χ1) is 16.4. The fraction of sp³-hybridized carbons (Fsp3) is 0.500. The highest BCUT2D eigenvalue weighted by Crippen LogP contribution is 2.33. The lowest BCUT2D eigenvalue weighted by Crippen LogP contribution is -2.36. The summed E-state index contributed by atoms with van der Waals surface area (Å²) in [6.07, 6.45) is 3.67. The predicted octanol–water partition coefficient (Wildman–Crippen LogP) is 3.38. The van der Waals surface area contributed by atoms with E-state index in [0.717, 1.165) is 32.5 Å². The van der Waals surface area contributed by atoms with Gasteiger partial charge in [0.05, 0.1) is 17.9 Å². The number of carbonyl (C=O) groups excluding carboxylic acids is 1. The van der Waals surface area contributed by atoms with Crippen molar-refractivity contribution in [2.24, 2.45) is 0 Å². The van der Waals surface area contributed by atoms with Crippen molar-refractivity contribution in [2.75, 3.05) is 25.4 Å². The van der Waals surface area contributed by atoms with Crippen molar-refractivity contribution < 1.29 is 9.18 Å². The van der Waals surface area contributed by atoms with Gasteiger partial charge in [0.1, 0.15) is 11.2 Å². The first-order valence-electron chi connectivity index (χ1n) is 11.8. The van der Waals surface area contributed by atoms with Gasteiger partial charge in [0.25, 0.3) is 5.56 Å². The van der Waals surface area contributed by atoms with Gasteiger partial charge in [-0.05, 0) is 63.7 Å². The maximum atomic E-state index is 13.3. The highest BCUT2D eigenvalue weighted by molar-refractivity contribution is 7.99. The summed E-state index contributed by atoms with van der Waals surface area (Å²) in [7, 11) is 0. The Kier molecular flexibility index (Phi) is 7.67. The summed E-state index contributed by atoms with van der Waals surface area (Å²) in [5.41, 5.74) is 0.855. The van der Waals surface area contributed by atoms with E-state index < -0.39 is 0 Å². The number of fused-ring (bicyclic) bond motifs is 2. The highest BCUT2D eigenvalue weighted by Gasteiger charge is 2.30. The zero-order valence-electron chi connectivity index (χ0n) is 19.8. The molecule has 2 atom stereocenters. The van der Waals surface area contributed by atoms with Crippen LogP contribution in [0.5, 0.6) is 0 Å². The van der Waals surface area contributed by atoms with Gasteiger partial charge in [0, 0.05) is 18.2 Å². The number of hydrogen-bond donors (Lipinski definition) is 1. The van der Waals surface area contributed by atoms with Crippen molar-refractivity contribution >= 4 is 28.7 Å². The molecule has 0 saturated heterocycles. The van der Waals surface area contributed by atoms with Crippen molar-refractivity contribution in [3.8, 4) is 5.69 Å². The Labute approximate surface area is 202 Å². The molecule has 1 aliphatic rings. The number of amides is 1. The minimum atomic E-state index is -0.344. The SMILES string of the molecule is CCN(CC)CCCC(C)NC(=O)CC1CSc2nc3c(cnn3-c3ccc(F)cc3)c(=O)n21. The molecule has 34 heavy (non-hydrogen) atoms. The lowest BCUT2D eigenvalue weighted by molar-refractivity contribution is -0.122. The molecule has 1 aliphatic heterocycles. The van der Waals surface area contributed by atoms with Gasteiger partial charge in [-0.15, -0.1) is 0 Å². The van der Waals surface area contributed by atoms with Crippen LogP contribution in [0.2, 0.25) is 0 Å². The summed E-state index contributed by atoms with van der Waals surface area (Å²) in [4.78, 5) is 33.0. The largest absolute Gasteiger partial charge is 0.354 e. The molecule has 10 heteroatoms. The number of nitrogens with one attached hydrogen (secondary N) is 1. The van der Waals surface area contributed by atoms with Crippen molar-refractivity contribution in [2.45, 2.75) is 57.3 Å². The van der Waals surface area contributed by atoms with Gasteiger partial charge >= 0.3 is 0 Å². The molecule has 0 spiro atoms. The molecule has 0 saturated carbocycles. The van der Waals surface area contributed by atoms with E-state index in [4.69, 9.17) is 0 Å². The molecule has 0 fully saturated rings. The van der Waals surface area contributed by atoms with Gasteiger partial charge in [-0.2, -0.15) is 5.10 Å². The van der Waals surface area contributed by atoms with Crippen LogP contribution >= 0.6 is 11.8 Å². The second-order valence-electron chi connectivity index (χ2n) is 8.65. The maximum Gasteiger partial charge on any atom is 0.265 e. The van der Waals surface area contributed by atoms with Crippen LogP contribution in [0.25, 0.3) is 16.7 Å². The van der Waals surface area contributed by atoms with E-state index in [1.807, 2.05) is 6.92 Å². The number of halogens is 1. The Hall–Kier alpha value is -2.72. The second-order valence-corrected chi connectivity index (χ2v) is 9.63. The first-order valence-corrected chi connectivity index (χ1v) is 12.8. The quantitative estimate of drug-likeness (QED) is 0.442. The van der Waals surface area contributed by atoms with E-state index in [-0.39, 0.29) is 35.8 Å². The molecule has 1 aromatic carbocycles. The Balaban J connectivity index is 1.44. The summed E-state index contributed by atoms with van der Waals surface area (Å²) in [6.45, 7) is 9.44. The van der Waals surface area contributed by atoms with Gasteiger partial charge in [-0.25, -0.2) is 14.1 Å². The minimum Gasteiger partial charge on any atom is -0.354 e. The van der Waals surface area contributed by atoms with Crippen molar-refractivity contribution in [3.63, 3.8) is 0 Å². The van der Waals surface area contributed by atoms with Crippen LogP contribution in [-0.4, -0.2) is 61.6 Å². The Morgan fingerprint density at radius 3 is 2.74 bits per heavy atom. The average Bonchev–Trinajstić information content (AvgIpc) is 3.42. The van der Waals surface area contributed by atoms with E-state index in [2.05, 4.69) is 34.1 Å².